The van der Waals surface area contributed by atoms with Crippen molar-refractivity contribution < 1.29 is 4.74 Å². The summed E-state index contributed by atoms with van der Waals surface area (Å²) in [5, 5.41) is 0. The lowest BCUT2D eigenvalue weighted by atomic mass is 10.1. The van der Waals surface area contributed by atoms with E-state index in [0.717, 1.165) is 12.8 Å². The predicted molar refractivity (Wildman–Crippen MR) is 62.7 cm³/mol. The summed E-state index contributed by atoms with van der Waals surface area (Å²) in [6.45, 7) is 4.25. The third-order valence-corrected chi connectivity index (χ3v) is 2.74. The van der Waals surface area contributed by atoms with Crippen LogP contribution >= 0.6 is 0 Å². The molecule has 80 valence electrons. The van der Waals surface area contributed by atoms with Crippen molar-refractivity contribution in [3.05, 3.63) is 47.5 Å². The van der Waals surface area contributed by atoms with Gasteiger partial charge in [-0.25, -0.2) is 0 Å². The Labute approximate surface area is 91.8 Å². The average Bonchev–Trinajstić information content (AvgIpc) is 2.67. The van der Waals surface area contributed by atoms with Crippen LogP contribution in [-0.4, -0.2) is 6.10 Å². The van der Waals surface area contributed by atoms with Crippen molar-refractivity contribution in [3.8, 4) is 0 Å². The van der Waals surface area contributed by atoms with E-state index in [1.165, 1.54) is 11.1 Å². The minimum Gasteiger partial charge on any atom is -0.366 e. The zero-order valence-corrected chi connectivity index (χ0v) is 9.44. The maximum absolute atomic E-state index is 5.98. The molecule has 0 aromatic heterocycles. The molecule has 0 aliphatic carbocycles. The fourth-order valence-electron chi connectivity index (χ4n) is 2.07. The van der Waals surface area contributed by atoms with E-state index in [1.54, 1.807) is 0 Å². The van der Waals surface area contributed by atoms with Gasteiger partial charge in [0.25, 0.3) is 0 Å². The number of hydrogen-bond donors (Lipinski definition) is 0. The third-order valence-electron chi connectivity index (χ3n) is 2.74. The van der Waals surface area contributed by atoms with Crippen LogP contribution in [0.4, 0.5) is 0 Å². The minimum absolute atomic E-state index is 0.298. The molecule has 1 aromatic carbocycles. The highest BCUT2D eigenvalue weighted by atomic mass is 16.5. The topological polar surface area (TPSA) is 9.23 Å². The molecule has 0 spiro atoms. The highest BCUT2D eigenvalue weighted by molar-refractivity contribution is 5.19. The normalized spacial score (nSPS) is 25.2. The first-order chi connectivity index (χ1) is 7.25. The zero-order valence-electron chi connectivity index (χ0n) is 9.44. The molecule has 2 atom stereocenters. The Bertz CT molecular complexity index is 336. The molecule has 2 rings (SSSR count). The molecule has 1 aliphatic heterocycles. The molecule has 0 radical (unpaired) electrons. The third kappa shape index (κ3) is 2.69. The maximum Gasteiger partial charge on any atom is 0.0834 e. The Hall–Kier alpha value is -1.08. The van der Waals surface area contributed by atoms with Crippen molar-refractivity contribution in [3.63, 3.8) is 0 Å². The Balaban J connectivity index is 2.02. The highest BCUT2D eigenvalue weighted by Crippen LogP contribution is 2.33. The Morgan fingerprint density at radius 2 is 1.93 bits per heavy atom. The molecule has 0 N–H and O–H groups in total. The summed E-state index contributed by atoms with van der Waals surface area (Å²) in [6, 6.07) is 10.5. The van der Waals surface area contributed by atoms with Gasteiger partial charge in [-0.1, -0.05) is 42.0 Å². The van der Waals surface area contributed by atoms with Crippen LogP contribution in [0, 0.1) is 0 Å². The Morgan fingerprint density at radius 1 is 1.20 bits per heavy atom. The van der Waals surface area contributed by atoms with E-state index in [2.05, 4.69) is 44.2 Å². The fourth-order valence-corrected chi connectivity index (χ4v) is 2.07. The van der Waals surface area contributed by atoms with Gasteiger partial charge in [0.2, 0.25) is 0 Å². The molecule has 0 amide bonds. The molecular weight excluding hydrogens is 184 g/mol. The predicted octanol–water partition coefficient (Wildman–Crippen LogP) is 3.87. The summed E-state index contributed by atoms with van der Waals surface area (Å²) in [4.78, 5) is 0. The summed E-state index contributed by atoms with van der Waals surface area (Å²) >= 11 is 0. The first-order valence-corrected chi connectivity index (χ1v) is 5.61. The van der Waals surface area contributed by atoms with Gasteiger partial charge in [0, 0.05) is 0 Å². The van der Waals surface area contributed by atoms with Gasteiger partial charge < -0.3 is 4.74 Å². The van der Waals surface area contributed by atoms with E-state index in [0.29, 0.717) is 12.2 Å². The SMILES string of the molecule is CC(C)=C[C@H]1CC[C@H](c2ccccc2)O1. The molecule has 1 heteroatoms. The molecule has 0 unspecified atom stereocenters. The van der Waals surface area contributed by atoms with Crippen LogP contribution in [-0.2, 0) is 4.74 Å². The molecule has 1 saturated heterocycles. The number of allylic oxidation sites excluding steroid dienone is 1. The van der Waals surface area contributed by atoms with Crippen LogP contribution in [0.25, 0.3) is 0 Å². The van der Waals surface area contributed by atoms with E-state index in [9.17, 15) is 0 Å². The van der Waals surface area contributed by atoms with Gasteiger partial charge in [-0.15, -0.1) is 0 Å². The quantitative estimate of drug-likeness (QED) is 0.661. The lowest BCUT2D eigenvalue weighted by molar-refractivity contribution is 0.0707. The van der Waals surface area contributed by atoms with E-state index >= 15 is 0 Å². The van der Waals surface area contributed by atoms with Gasteiger partial charge in [0.1, 0.15) is 0 Å². The second kappa shape index (κ2) is 4.63. The molecular formula is C14H18O. The Morgan fingerprint density at radius 3 is 2.60 bits per heavy atom. The molecule has 1 heterocycles. The van der Waals surface area contributed by atoms with Crippen LogP contribution in [0.15, 0.2) is 42.0 Å². The van der Waals surface area contributed by atoms with Gasteiger partial charge in [-0.3, -0.25) is 0 Å². The van der Waals surface area contributed by atoms with Crippen molar-refractivity contribution in [2.75, 3.05) is 0 Å². The molecule has 1 nitrogen and oxygen atoms in total. The summed E-state index contributed by atoms with van der Waals surface area (Å²) < 4.78 is 5.98. The monoisotopic (exact) mass is 202 g/mol. The van der Waals surface area contributed by atoms with Crippen molar-refractivity contribution in [1.29, 1.82) is 0 Å². The standard InChI is InChI=1S/C14H18O/c1-11(2)10-13-8-9-14(15-13)12-6-4-3-5-7-12/h3-7,10,13-14H,8-9H2,1-2H3/t13-,14-/m1/s1. The minimum atomic E-state index is 0.298. The number of hydrogen-bond acceptors (Lipinski definition) is 1. The molecule has 1 aromatic rings. The van der Waals surface area contributed by atoms with Crippen molar-refractivity contribution in [2.24, 2.45) is 0 Å². The first-order valence-electron chi connectivity index (χ1n) is 5.61. The van der Waals surface area contributed by atoms with Crippen LogP contribution in [0.2, 0.25) is 0 Å². The molecule has 0 saturated carbocycles. The van der Waals surface area contributed by atoms with E-state index < -0.39 is 0 Å². The van der Waals surface area contributed by atoms with Crippen molar-refractivity contribution in [2.45, 2.75) is 38.9 Å². The van der Waals surface area contributed by atoms with E-state index in [1.807, 2.05) is 6.07 Å². The van der Waals surface area contributed by atoms with Crippen LogP contribution in [0.3, 0.4) is 0 Å². The maximum atomic E-state index is 5.98. The molecule has 1 aliphatic rings. The summed E-state index contributed by atoms with van der Waals surface area (Å²) in [6.07, 6.45) is 5.12. The number of benzene rings is 1. The number of ether oxygens (including phenoxy) is 1. The van der Waals surface area contributed by atoms with Crippen LogP contribution in [0.5, 0.6) is 0 Å². The van der Waals surface area contributed by atoms with Gasteiger partial charge in [0.15, 0.2) is 0 Å². The fraction of sp³-hybridized carbons (Fsp3) is 0.429. The smallest absolute Gasteiger partial charge is 0.0834 e. The summed E-state index contributed by atoms with van der Waals surface area (Å²) in [7, 11) is 0. The Kier molecular flexibility index (Phi) is 3.22. The van der Waals surface area contributed by atoms with Gasteiger partial charge in [-0.2, -0.15) is 0 Å². The average molecular weight is 202 g/mol. The summed E-state index contributed by atoms with van der Waals surface area (Å²) in [5.41, 5.74) is 2.65. The lowest BCUT2D eigenvalue weighted by Gasteiger charge is -2.11. The van der Waals surface area contributed by atoms with Crippen molar-refractivity contribution in [1.82, 2.24) is 0 Å². The van der Waals surface area contributed by atoms with Gasteiger partial charge in [-0.05, 0) is 32.3 Å². The van der Waals surface area contributed by atoms with Gasteiger partial charge >= 0.3 is 0 Å². The highest BCUT2D eigenvalue weighted by Gasteiger charge is 2.24. The van der Waals surface area contributed by atoms with Crippen LogP contribution in [0.1, 0.15) is 38.4 Å². The first kappa shape index (κ1) is 10.4. The molecule has 15 heavy (non-hydrogen) atoms. The largest absolute Gasteiger partial charge is 0.366 e. The molecule has 0 bridgehead atoms. The van der Waals surface area contributed by atoms with Crippen LogP contribution < -0.4 is 0 Å². The zero-order chi connectivity index (χ0) is 10.7. The molecule has 1 fully saturated rings. The number of rotatable bonds is 2. The van der Waals surface area contributed by atoms with E-state index in [4.69, 9.17) is 4.74 Å². The van der Waals surface area contributed by atoms with E-state index in [-0.39, 0.29) is 0 Å². The van der Waals surface area contributed by atoms with Gasteiger partial charge in [0.05, 0.1) is 12.2 Å². The summed E-state index contributed by atoms with van der Waals surface area (Å²) in [5.74, 6) is 0. The lowest BCUT2D eigenvalue weighted by Crippen LogP contribution is -2.03. The second-order valence-corrected chi connectivity index (χ2v) is 4.40. The second-order valence-electron chi connectivity index (χ2n) is 4.40. The van der Waals surface area contributed by atoms with Crippen molar-refractivity contribution >= 4 is 0 Å².